The molecular weight excluding hydrogens is 250 g/mol. The van der Waals surface area contributed by atoms with Crippen molar-refractivity contribution in [3.8, 4) is 11.5 Å². The Kier molecular flexibility index (Phi) is 5.30. The molecule has 2 rings (SSSR count). The monoisotopic (exact) mass is 277 g/mol. The second kappa shape index (κ2) is 6.98. The predicted molar refractivity (Wildman–Crippen MR) is 82.5 cm³/mol. The molecule has 1 fully saturated rings. The average molecular weight is 277 g/mol. The summed E-state index contributed by atoms with van der Waals surface area (Å²) < 4.78 is 10.7. The molecule has 0 aliphatic heterocycles. The fourth-order valence-electron chi connectivity index (χ4n) is 3.10. The van der Waals surface area contributed by atoms with Gasteiger partial charge in [-0.15, -0.1) is 0 Å². The topological polar surface area (TPSA) is 30.5 Å². The molecule has 1 aromatic carbocycles. The second-order valence-corrected chi connectivity index (χ2v) is 5.87. The number of methoxy groups -OCH3 is 2. The van der Waals surface area contributed by atoms with Crippen LogP contribution in [0.3, 0.4) is 0 Å². The minimum Gasteiger partial charge on any atom is -0.493 e. The van der Waals surface area contributed by atoms with Crippen LogP contribution in [0, 0.1) is 5.92 Å². The van der Waals surface area contributed by atoms with Crippen LogP contribution in [0.4, 0.5) is 0 Å². The number of benzene rings is 1. The number of nitrogens with one attached hydrogen (secondary N) is 1. The molecule has 1 aromatic rings. The summed E-state index contributed by atoms with van der Waals surface area (Å²) in [6.45, 7) is 4.58. The molecule has 1 aliphatic carbocycles. The van der Waals surface area contributed by atoms with Crippen LogP contribution >= 0.6 is 0 Å². The van der Waals surface area contributed by atoms with Crippen LogP contribution in [0.25, 0.3) is 0 Å². The first kappa shape index (κ1) is 15.2. The van der Waals surface area contributed by atoms with Gasteiger partial charge < -0.3 is 14.8 Å². The zero-order chi connectivity index (χ0) is 14.5. The molecule has 20 heavy (non-hydrogen) atoms. The van der Waals surface area contributed by atoms with Crippen molar-refractivity contribution in [2.24, 2.45) is 5.92 Å². The van der Waals surface area contributed by atoms with Crippen molar-refractivity contribution in [3.63, 3.8) is 0 Å². The maximum Gasteiger partial charge on any atom is 0.161 e. The van der Waals surface area contributed by atoms with Gasteiger partial charge in [0.25, 0.3) is 0 Å². The van der Waals surface area contributed by atoms with Crippen LogP contribution in [0.5, 0.6) is 11.5 Å². The molecule has 0 bridgehead atoms. The third-order valence-corrected chi connectivity index (χ3v) is 4.48. The average Bonchev–Trinajstić information content (AvgIpc) is 2.48. The zero-order valence-electron chi connectivity index (χ0n) is 13.1. The van der Waals surface area contributed by atoms with E-state index in [1.54, 1.807) is 14.2 Å². The first-order chi connectivity index (χ1) is 9.65. The Balaban J connectivity index is 2.06. The van der Waals surface area contributed by atoms with Gasteiger partial charge in [-0.25, -0.2) is 0 Å². The van der Waals surface area contributed by atoms with Crippen LogP contribution < -0.4 is 14.8 Å². The van der Waals surface area contributed by atoms with Gasteiger partial charge >= 0.3 is 0 Å². The summed E-state index contributed by atoms with van der Waals surface area (Å²) in [6, 6.07) is 7.14. The normalized spacial score (nSPS) is 24.2. The van der Waals surface area contributed by atoms with Gasteiger partial charge in [0.15, 0.2) is 11.5 Å². The summed E-state index contributed by atoms with van der Waals surface area (Å²) in [7, 11) is 3.35. The van der Waals surface area contributed by atoms with E-state index in [-0.39, 0.29) is 0 Å². The molecule has 1 saturated carbocycles. The molecule has 0 radical (unpaired) electrons. The highest BCUT2D eigenvalue weighted by Crippen LogP contribution is 2.31. The maximum absolute atomic E-state index is 5.39. The molecule has 3 heteroatoms. The minimum absolute atomic E-state index is 0.334. The van der Waals surface area contributed by atoms with Crippen LogP contribution in [-0.2, 0) is 0 Å². The fourth-order valence-corrected chi connectivity index (χ4v) is 3.10. The summed E-state index contributed by atoms with van der Waals surface area (Å²) in [4.78, 5) is 0. The molecule has 1 N–H and O–H groups in total. The lowest BCUT2D eigenvalue weighted by molar-refractivity contribution is 0.263. The van der Waals surface area contributed by atoms with Gasteiger partial charge in [-0.05, 0) is 43.4 Å². The molecule has 0 saturated heterocycles. The van der Waals surface area contributed by atoms with Gasteiger partial charge in [0.05, 0.1) is 14.2 Å². The molecule has 1 aliphatic rings. The fraction of sp³-hybridized carbons (Fsp3) is 0.647. The summed E-state index contributed by atoms with van der Waals surface area (Å²) >= 11 is 0. The maximum atomic E-state index is 5.39. The van der Waals surface area contributed by atoms with E-state index in [1.165, 1.54) is 31.2 Å². The molecule has 0 aromatic heterocycles. The summed E-state index contributed by atoms with van der Waals surface area (Å²) in [5.74, 6) is 2.36. The van der Waals surface area contributed by atoms with E-state index in [0.717, 1.165) is 17.4 Å². The van der Waals surface area contributed by atoms with E-state index < -0.39 is 0 Å². The van der Waals surface area contributed by atoms with Crippen molar-refractivity contribution in [1.82, 2.24) is 5.32 Å². The Labute approximate surface area is 122 Å². The van der Waals surface area contributed by atoms with Crippen LogP contribution in [0.1, 0.15) is 51.1 Å². The quantitative estimate of drug-likeness (QED) is 0.884. The van der Waals surface area contributed by atoms with Gasteiger partial charge in [0.1, 0.15) is 0 Å². The first-order valence-corrected chi connectivity index (χ1v) is 7.63. The highest BCUT2D eigenvalue weighted by molar-refractivity contribution is 5.43. The predicted octanol–water partition coefficient (Wildman–Crippen LogP) is 3.93. The zero-order valence-corrected chi connectivity index (χ0v) is 13.1. The third-order valence-electron chi connectivity index (χ3n) is 4.48. The van der Waals surface area contributed by atoms with Gasteiger partial charge in [0.2, 0.25) is 0 Å². The Morgan fingerprint density at radius 3 is 2.45 bits per heavy atom. The van der Waals surface area contributed by atoms with E-state index in [9.17, 15) is 0 Å². The standard InChI is InChI=1S/C17H27NO2/c1-12-7-5-6-8-15(12)18-13(2)14-9-10-16(19-3)17(11-14)20-4/h9-13,15,18H,5-8H2,1-4H3. The number of hydrogen-bond donors (Lipinski definition) is 1. The summed E-state index contributed by atoms with van der Waals surface area (Å²) in [5.41, 5.74) is 1.25. The second-order valence-electron chi connectivity index (χ2n) is 5.87. The van der Waals surface area contributed by atoms with Gasteiger partial charge in [-0.3, -0.25) is 0 Å². The van der Waals surface area contributed by atoms with Crippen molar-refractivity contribution >= 4 is 0 Å². The van der Waals surface area contributed by atoms with Crippen LogP contribution in [-0.4, -0.2) is 20.3 Å². The summed E-state index contributed by atoms with van der Waals surface area (Å²) in [6.07, 6.45) is 5.36. The smallest absolute Gasteiger partial charge is 0.161 e. The van der Waals surface area contributed by atoms with Crippen molar-refractivity contribution in [2.75, 3.05) is 14.2 Å². The lowest BCUT2D eigenvalue weighted by Gasteiger charge is -2.32. The highest BCUT2D eigenvalue weighted by atomic mass is 16.5. The molecule has 0 heterocycles. The molecule has 0 spiro atoms. The van der Waals surface area contributed by atoms with Crippen LogP contribution in [0.2, 0.25) is 0 Å². The lowest BCUT2D eigenvalue weighted by Crippen LogP contribution is -2.38. The van der Waals surface area contributed by atoms with Crippen LogP contribution in [0.15, 0.2) is 18.2 Å². The Morgan fingerprint density at radius 2 is 1.80 bits per heavy atom. The lowest BCUT2D eigenvalue weighted by atomic mass is 9.85. The van der Waals surface area contributed by atoms with Gasteiger partial charge in [0, 0.05) is 12.1 Å². The molecular formula is C17H27NO2. The molecule has 3 unspecified atom stereocenters. The minimum atomic E-state index is 0.334. The van der Waals surface area contributed by atoms with E-state index in [2.05, 4.69) is 31.3 Å². The van der Waals surface area contributed by atoms with E-state index in [4.69, 9.17) is 9.47 Å². The Hall–Kier alpha value is -1.22. The Bertz CT molecular complexity index is 433. The molecule has 0 amide bonds. The van der Waals surface area contributed by atoms with Crippen molar-refractivity contribution in [1.29, 1.82) is 0 Å². The largest absolute Gasteiger partial charge is 0.493 e. The number of rotatable bonds is 5. The van der Waals surface area contributed by atoms with Gasteiger partial charge in [-0.2, -0.15) is 0 Å². The van der Waals surface area contributed by atoms with E-state index >= 15 is 0 Å². The highest BCUT2D eigenvalue weighted by Gasteiger charge is 2.23. The van der Waals surface area contributed by atoms with Crippen molar-refractivity contribution in [2.45, 2.75) is 51.6 Å². The SMILES string of the molecule is COc1ccc(C(C)NC2CCCCC2C)cc1OC. The molecule has 112 valence electrons. The van der Waals surface area contributed by atoms with Crippen molar-refractivity contribution < 1.29 is 9.47 Å². The third kappa shape index (κ3) is 3.45. The molecule has 3 atom stereocenters. The Morgan fingerprint density at radius 1 is 1.10 bits per heavy atom. The van der Waals surface area contributed by atoms with Gasteiger partial charge in [-0.1, -0.05) is 25.8 Å². The van der Waals surface area contributed by atoms with E-state index in [1.807, 2.05) is 6.07 Å². The molecule has 3 nitrogen and oxygen atoms in total. The number of ether oxygens (including phenoxy) is 2. The first-order valence-electron chi connectivity index (χ1n) is 7.63. The van der Waals surface area contributed by atoms with E-state index in [0.29, 0.717) is 12.1 Å². The van der Waals surface area contributed by atoms with Crippen molar-refractivity contribution in [3.05, 3.63) is 23.8 Å². The summed E-state index contributed by atoms with van der Waals surface area (Å²) in [5, 5.41) is 3.78. The number of hydrogen-bond acceptors (Lipinski definition) is 3.